The minimum absolute atomic E-state index is 0.344. The van der Waals surface area contributed by atoms with E-state index in [4.69, 9.17) is 12.2 Å². The van der Waals surface area contributed by atoms with Crippen molar-refractivity contribution in [2.45, 2.75) is 12.8 Å². The molecule has 18 heavy (non-hydrogen) atoms. The molecule has 2 N–H and O–H groups in total. The van der Waals surface area contributed by atoms with Gasteiger partial charge in [-0.3, -0.25) is 0 Å². The van der Waals surface area contributed by atoms with Crippen LogP contribution < -0.4 is 0 Å². The van der Waals surface area contributed by atoms with Crippen molar-refractivity contribution in [1.82, 2.24) is 9.97 Å². The first kappa shape index (κ1) is 11.2. The van der Waals surface area contributed by atoms with Crippen molar-refractivity contribution in [2.75, 3.05) is 0 Å². The van der Waals surface area contributed by atoms with Crippen LogP contribution in [-0.2, 0) is 0 Å². The van der Waals surface area contributed by atoms with Crippen molar-refractivity contribution >= 4 is 23.3 Å². The number of benzene rings is 2. The number of aromatic nitrogens is 2. The summed E-state index contributed by atoms with van der Waals surface area (Å²) in [7, 11) is 0. The molecule has 1 unspecified atom stereocenters. The molecule has 3 heteroatoms. The average molecular weight is 254 g/mol. The molecule has 0 radical (unpaired) electrons. The molecule has 0 saturated heterocycles. The third kappa shape index (κ3) is 1.87. The van der Waals surface area contributed by atoms with Gasteiger partial charge in [0.15, 0.2) is 4.77 Å². The van der Waals surface area contributed by atoms with Crippen LogP contribution in [0.4, 0.5) is 0 Å². The van der Waals surface area contributed by atoms with Crippen LogP contribution in [0.25, 0.3) is 11.0 Å². The van der Waals surface area contributed by atoms with Crippen LogP contribution in [-0.4, -0.2) is 9.97 Å². The number of hydrogen-bond acceptors (Lipinski definition) is 1. The molecule has 1 heterocycles. The van der Waals surface area contributed by atoms with Crippen molar-refractivity contribution in [1.29, 1.82) is 0 Å². The Bertz CT molecular complexity index is 725. The second kappa shape index (κ2) is 4.42. The molecule has 3 aromatic rings. The van der Waals surface area contributed by atoms with E-state index in [0.717, 1.165) is 11.0 Å². The minimum atomic E-state index is 0.344. The van der Waals surface area contributed by atoms with Gasteiger partial charge in [-0.15, -0.1) is 0 Å². The molecule has 3 rings (SSSR count). The predicted octanol–water partition coefficient (Wildman–Crippen LogP) is 4.38. The van der Waals surface area contributed by atoms with E-state index in [2.05, 4.69) is 53.3 Å². The zero-order chi connectivity index (χ0) is 12.5. The molecule has 1 aromatic heterocycles. The zero-order valence-electron chi connectivity index (χ0n) is 10.1. The standard InChI is InChI=1S/C15H14N2S/c1-10(11-6-3-2-4-7-11)12-8-5-9-13-14(12)17-15(18)16-13/h2-10H,1H3,(H2,16,17,18). The number of nitrogens with one attached hydrogen (secondary N) is 2. The molecular weight excluding hydrogens is 240 g/mol. The van der Waals surface area contributed by atoms with E-state index in [9.17, 15) is 0 Å². The number of fused-ring (bicyclic) bond motifs is 1. The summed E-state index contributed by atoms with van der Waals surface area (Å²) in [5, 5.41) is 0. The van der Waals surface area contributed by atoms with Crippen LogP contribution in [0, 0.1) is 4.77 Å². The topological polar surface area (TPSA) is 31.6 Å². The summed E-state index contributed by atoms with van der Waals surface area (Å²) < 4.78 is 0.678. The first-order valence-electron chi connectivity index (χ1n) is 6.01. The summed E-state index contributed by atoms with van der Waals surface area (Å²) in [5.41, 5.74) is 4.76. The first-order valence-corrected chi connectivity index (χ1v) is 6.42. The third-order valence-electron chi connectivity index (χ3n) is 3.35. The second-order valence-corrected chi connectivity index (χ2v) is 4.89. The maximum absolute atomic E-state index is 5.16. The molecule has 0 spiro atoms. The maximum Gasteiger partial charge on any atom is 0.175 e. The van der Waals surface area contributed by atoms with Gasteiger partial charge in [0.25, 0.3) is 0 Å². The van der Waals surface area contributed by atoms with Gasteiger partial charge in [-0.25, -0.2) is 0 Å². The number of rotatable bonds is 2. The Kier molecular flexibility index (Phi) is 2.76. The molecule has 0 amide bonds. The van der Waals surface area contributed by atoms with Crippen molar-refractivity contribution in [3.8, 4) is 0 Å². The van der Waals surface area contributed by atoms with Gasteiger partial charge in [-0.05, 0) is 29.4 Å². The third-order valence-corrected chi connectivity index (χ3v) is 3.55. The number of hydrogen-bond donors (Lipinski definition) is 2. The zero-order valence-corrected chi connectivity index (χ0v) is 10.9. The van der Waals surface area contributed by atoms with E-state index in [0.29, 0.717) is 10.7 Å². The van der Waals surface area contributed by atoms with Gasteiger partial charge in [0.05, 0.1) is 11.0 Å². The summed E-state index contributed by atoms with van der Waals surface area (Å²) in [5.74, 6) is 0.344. The van der Waals surface area contributed by atoms with Gasteiger partial charge >= 0.3 is 0 Å². The fourth-order valence-electron chi connectivity index (χ4n) is 2.36. The van der Waals surface area contributed by atoms with Gasteiger partial charge in [-0.1, -0.05) is 49.4 Å². The molecule has 0 fully saturated rings. The number of H-pyrrole nitrogens is 2. The molecule has 0 aliphatic heterocycles. The molecule has 1 atom stereocenters. The van der Waals surface area contributed by atoms with Crippen LogP contribution in [0.2, 0.25) is 0 Å². The van der Waals surface area contributed by atoms with Gasteiger partial charge in [0.1, 0.15) is 0 Å². The van der Waals surface area contributed by atoms with E-state index in [1.165, 1.54) is 11.1 Å². The molecular formula is C15H14N2S. The van der Waals surface area contributed by atoms with Crippen LogP contribution >= 0.6 is 12.2 Å². The summed E-state index contributed by atoms with van der Waals surface area (Å²) in [6.07, 6.45) is 0. The molecule has 2 nitrogen and oxygen atoms in total. The Morgan fingerprint density at radius 2 is 1.72 bits per heavy atom. The highest BCUT2D eigenvalue weighted by Crippen LogP contribution is 2.28. The molecule has 0 aliphatic carbocycles. The average Bonchev–Trinajstić information content (AvgIpc) is 2.79. The molecule has 0 saturated carbocycles. The minimum Gasteiger partial charge on any atom is -0.331 e. The molecule has 0 bridgehead atoms. The number of para-hydroxylation sites is 1. The van der Waals surface area contributed by atoms with Crippen molar-refractivity contribution in [3.05, 3.63) is 64.4 Å². The van der Waals surface area contributed by atoms with Crippen LogP contribution in [0.1, 0.15) is 24.0 Å². The molecule has 0 aliphatic rings. The van der Waals surface area contributed by atoms with Gasteiger partial charge in [0.2, 0.25) is 0 Å². The summed E-state index contributed by atoms with van der Waals surface area (Å²) in [4.78, 5) is 6.40. The SMILES string of the molecule is CC(c1ccccc1)c1cccc2[nH]c(=S)[nH]c12. The van der Waals surface area contributed by atoms with Gasteiger partial charge in [0, 0.05) is 5.92 Å². The quantitative estimate of drug-likeness (QED) is 0.653. The Labute approximate surface area is 111 Å². The van der Waals surface area contributed by atoms with E-state index < -0.39 is 0 Å². The van der Waals surface area contributed by atoms with E-state index >= 15 is 0 Å². The molecule has 90 valence electrons. The summed E-state index contributed by atoms with van der Waals surface area (Å²) >= 11 is 5.16. The van der Waals surface area contributed by atoms with Gasteiger partial charge in [-0.2, -0.15) is 0 Å². The Hall–Kier alpha value is -1.87. The highest BCUT2D eigenvalue weighted by Gasteiger charge is 2.12. The van der Waals surface area contributed by atoms with Crippen LogP contribution in [0.5, 0.6) is 0 Å². The summed E-state index contributed by atoms with van der Waals surface area (Å²) in [6, 6.07) is 16.8. The fraction of sp³-hybridized carbons (Fsp3) is 0.133. The Morgan fingerprint density at radius 3 is 2.50 bits per heavy atom. The lowest BCUT2D eigenvalue weighted by atomic mass is 9.92. The predicted molar refractivity (Wildman–Crippen MR) is 77.4 cm³/mol. The van der Waals surface area contributed by atoms with Crippen LogP contribution in [0.3, 0.4) is 0 Å². The highest BCUT2D eigenvalue weighted by molar-refractivity contribution is 7.71. The van der Waals surface area contributed by atoms with Crippen LogP contribution in [0.15, 0.2) is 48.5 Å². The highest BCUT2D eigenvalue weighted by atomic mass is 32.1. The Balaban J connectivity index is 2.17. The lowest BCUT2D eigenvalue weighted by molar-refractivity contribution is 0.929. The maximum atomic E-state index is 5.16. The monoisotopic (exact) mass is 254 g/mol. The van der Waals surface area contributed by atoms with Crippen molar-refractivity contribution in [2.24, 2.45) is 0 Å². The fourth-order valence-corrected chi connectivity index (χ4v) is 2.58. The lowest BCUT2D eigenvalue weighted by Crippen LogP contribution is -1.96. The normalized spacial score (nSPS) is 12.7. The Morgan fingerprint density at radius 1 is 0.944 bits per heavy atom. The van der Waals surface area contributed by atoms with E-state index in [1.807, 2.05) is 12.1 Å². The van der Waals surface area contributed by atoms with Gasteiger partial charge < -0.3 is 9.97 Å². The van der Waals surface area contributed by atoms with E-state index in [-0.39, 0.29) is 0 Å². The lowest BCUT2D eigenvalue weighted by Gasteiger charge is -2.13. The number of imidazole rings is 1. The first-order chi connectivity index (χ1) is 8.75. The smallest absolute Gasteiger partial charge is 0.175 e. The van der Waals surface area contributed by atoms with E-state index in [1.54, 1.807) is 0 Å². The number of aromatic amines is 2. The summed E-state index contributed by atoms with van der Waals surface area (Å²) in [6.45, 7) is 2.22. The molecule has 2 aromatic carbocycles. The van der Waals surface area contributed by atoms with Crippen molar-refractivity contribution in [3.63, 3.8) is 0 Å². The second-order valence-electron chi connectivity index (χ2n) is 4.48. The largest absolute Gasteiger partial charge is 0.331 e. The van der Waals surface area contributed by atoms with Crippen molar-refractivity contribution < 1.29 is 0 Å².